The van der Waals surface area contributed by atoms with Gasteiger partial charge in [0.1, 0.15) is 12.4 Å². The van der Waals surface area contributed by atoms with Gasteiger partial charge in [0.2, 0.25) is 15.9 Å². The van der Waals surface area contributed by atoms with Gasteiger partial charge in [-0.25, -0.2) is 8.42 Å². The Morgan fingerprint density at radius 2 is 1.73 bits per heavy atom. The Balaban J connectivity index is 1.24. The molecular formula is C25H26N2O5S. The van der Waals surface area contributed by atoms with Crippen LogP contribution >= 0.6 is 0 Å². The van der Waals surface area contributed by atoms with Crippen molar-refractivity contribution in [3.8, 4) is 5.75 Å². The molecule has 3 aromatic carbocycles. The highest BCUT2D eigenvalue weighted by molar-refractivity contribution is 7.89. The van der Waals surface area contributed by atoms with Gasteiger partial charge in [-0.2, -0.15) is 4.31 Å². The average Bonchev–Trinajstić information content (AvgIpc) is 2.86. The van der Waals surface area contributed by atoms with Crippen molar-refractivity contribution in [2.24, 2.45) is 0 Å². The Labute approximate surface area is 193 Å². The van der Waals surface area contributed by atoms with Crippen LogP contribution in [0.1, 0.15) is 5.56 Å². The van der Waals surface area contributed by atoms with Crippen molar-refractivity contribution in [3.05, 3.63) is 78.4 Å². The van der Waals surface area contributed by atoms with Crippen molar-refractivity contribution < 1.29 is 22.7 Å². The summed E-state index contributed by atoms with van der Waals surface area (Å²) in [4.78, 5) is 12.3. The van der Waals surface area contributed by atoms with Crippen LogP contribution in [0.5, 0.6) is 5.75 Å². The van der Waals surface area contributed by atoms with Crippen LogP contribution in [0, 0.1) is 0 Å². The summed E-state index contributed by atoms with van der Waals surface area (Å²) < 4.78 is 37.7. The second-order valence-corrected chi connectivity index (χ2v) is 9.51. The van der Waals surface area contributed by atoms with Gasteiger partial charge in [-0.15, -0.1) is 0 Å². The smallest absolute Gasteiger partial charge is 0.244 e. The number of rotatable bonds is 8. The van der Waals surface area contributed by atoms with Crippen molar-refractivity contribution in [1.82, 2.24) is 9.62 Å². The summed E-state index contributed by atoms with van der Waals surface area (Å²) in [6.07, 6.45) is 3.06. The lowest BCUT2D eigenvalue weighted by atomic mass is 10.1. The number of sulfonamides is 1. The minimum atomic E-state index is -3.52. The minimum Gasteiger partial charge on any atom is -0.492 e. The molecule has 8 heteroatoms. The molecule has 0 saturated carbocycles. The SMILES string of the molecule is O=C(/C=C/c1ccc(S(=O)(=O)N2CCOCC2)cc1)NCCOc1ccc2ccccc2c1. The molecule has 0 spiro atoms. The van der Waals surface area contributed by atoms with Crippen LogP contribution in [0.2, 0.25) is 0 Å². The Bertz CT molecular complexity index is 1230. The van der Waals surface area contributed by atoms with E-state index in [2.05, 4.69) is 5.32 Å². The van der Waals surface area contributed by atoms with Gasteiger partial charge >= 0.3 is 0 Å². The fourth-order valence-corrected chi connectivity index (χ4v) is 4.93. The van der Waals surface area contributed by atoms with Crippen LogP contribution < -0.4 is 10.1 Å². The second-order valence-electron chi connectivity index (χ2n) is 7.57. The van der Waals surface area contributed by atoms with E-state index in [-0.39, 0.29) is 10.8 Å². The summed E-state index contributed by atoms with van der Waals surface area (Å²) >= 11 is 0. The highest BCUT2D eigenvalue weighted by atomic mass is 32.2. The van der Waals surface area contributed by atoms with Crippen molar-refractivity contribution in [1.29, 1.82) is 0 Å². The second kappa shape index (κ2) is 10.6. The van der Waals surface area contributed by atoms with Crippen molar-refractivity contribution in [2.75, 3.05) is 39.5 Å². The third kappa shape index (κ3) is 5.98. The number of ether oxygens (including phenoxy) is 2. The molecule has 0 aromatic heterocycles. The first kappa shape index (κ1) is 23.0. The number of fused-ring (bicyclic) bond motifs is 1. The molecule has 3 aromatic rings. The number of nitrogens with zero attached hydrogens (tertiary/aromatic N) is 1. The van der Waals surface area contributed by atoms with Crippen molar-refractivity contribution in [3.63, 3.8) is 0 Å². The molecule has 7 nitrogen and oxygen atoms in total. The van der Waals surface area contributed by atoms with Gasteiger partial charge < -0.3 is 14.8 Å². The number of amides is 1. The predicted molar refractivity (Wildman–Crippen MR) is 128 cm³/mol. The van der Waals surface area contributed by atoms with Crippen molar-refractivity contribution >= 4 is 32.8 Å². The largest absolute Gasteiger partial charge is 0.492 e. The summed E-state index contributed by atoms with van der Waals surface area (Å²) in [6.45, 7) is 2.24. The Morgan fingerprint density at radius 1 is 1.00 bits per heavy atom. The number of hydrogen-bond donors (Lipinski definition) is 1. The van der Waals surface area contributed by atoms with Gasteiger partial charge in [0, 0.05) is 19.2 Å². The Hall–Kier alpha value is -3.20. The van der Waals surface area contributed by atoms with Crippen LogP contribution in [0.25, 0.3) is 16.8 Å². The van der Waals surface area contributed by atoms with E-state index in [1.807, 2.05) is 42.5 Å². The topological polar surface area (TPSA) is 84.9 Å². The van der Waals surface area contributed by atoms with E-state index in [9.17, 15) is 13.2 Å². The number of carbonyl (C=O) groups is 1. The minimum absolute atomic E-state index is 0.233. The molecule has 1 N–H and O–H groups in total. The monoisotopic (exact) mass is 466 g/mol. The van der Waals surface area contributed by atoms with Gasteiger partial charge in [-0.05, 0) is 46.7 Å². The quantitative estimate of drug-likeness (QED) is 0.407. The van der Waals surface area contributed by atoms with E-state index in [1.165, 1.54) is 10.4 Å². The predicted octanol–water partition coefficient (Wildman–Crippen LogP) is 3.07. The van der Waals surface area contributed by atoms with E-state index in [0.717, 1.165) is 22.1 Å². The van der Waals surface area contributed by atoms with Gasteiger partial charge in [-0.1, -0.05) is 42.5 Å². The van der Waals surface area contributed by atoms with Gasteiger partial charge in [-0.3, -0.25) is 4.79 Å². The fraction of sp³-hybridized carbons (Fsp3) is 0.240. The maximum Gasteiger partial charge on any atom is 0.244 e. The molecule has 1 aliphatic rings. The Kier molecular flexibility index (Phi) is 7.39. The number of carbonyl (C=O) groups excluding carboxylic acids is 1. The molecule has 1 saturated heterocycles. The molecular weight excluding hydrogens is 440 g/mol. The summed E-state index contributed by atoms with van der Waals surface area (Å²) in [5, 5.41) is 5.02. The Morgan fingerprint density at radius 3 is 2.48 bits per heavy atom. The third-order valence-corrected chi connectivity index (χ3v) is 7.22. The number of hydrogen-bond acceptors (Lipinski definition) is 5. The fourth-order valence-electron chi connectivity index (χ4n) is 3.52. The summed E-state index contributed by atoms with van der Waals surface area (Å²) in [7, 11) is -3.52. The number of nitrogens with one attached hydrogen (secondary N) is 1. The zero-order chi connectivity index (χ0) is 23.1. The third-order valence-electron chi connectivity index (χ3n) is 5.31. The normalized spacial score (nSPS) is 15.0. The van der Waals surface area contributed by atoms with Gasteiger partial charge in [0.05, 0.1) is 24.7 Å². The number of benzene rings is 3. The first-order valence-corrected chi connectivity index (χ1v) is 12.2. The lowest BCUT2D eigenvalue weighted by Gasteiger charge is -2.26. The van der Waals surface area contributed by atoms with E-state index in [1.54, 1.807) is 30.3 Å². The number of morpholine rings is 1. The molecule has 0 bridgehead atoms. The maximum absolute atomic E-state index is 12.7. The molecule has 4 rings (SSSR count). The first-order chi connectivity index (χ1) is 16.0. The van der Waals surface area contributed by atoms with Gasteiger partial charge in [0.25, 0.3) is 0 Å². The average molecular weight is 467 g/mol. The molecule has 0 atom stereocenters. The molecule has 172 valence electrons. The summed E-state index contributed by atoms with van der Waals surface area (Å²) in [5.41, 5.74) is 0.735. The lowest BCUT2D eigenvalue weighted by molar-refractivity contribution is -0.116. The molecule has 0 unspecified atom stereocenters. The molecule has 33 heavy (non-hydrogen) atoms. The van der Waals surface area contributed by atoms with E-state index in [4.69, 9.17) is 9.47 Å². The molecule has 1 amide bonds. The highest BCUT2D eigenvalue weighted by Gasteiger charge is 2.25. The lowest BCUT2D eigenvalue weighted by Crippen LogP contribution is -2.40. The van der Waals surface area contributed by atoms with Crippen LogP contribution in [-0.4, -0.2) is 58.1 Å². The molecule has 0 radical (unpaired) electrons. The van der Waals surface area contributed by atoms with Crippen LogP contribution in [0.4, 0.5) is 0 Å². The van der Waals surface area contributed by atoms with Crippen LogP contribution in [-0.2, 0) is 19.6 Å². The molecule has 1 heterocycles. The van der Waals surface area contributed by atoms with E-state index >= 15 is 0 Å². The standard InChI is InChI=1S/C25H26N2O5S/c28-25(26-13-16-32-23-9-8-21-3-1-2-4-22(21)19-23)12-7-20-5-10-24(11-6-20)33(29,30)27-14-17-31-18-15-27/h1-12,19H,13-18H2,(H,26,28)/b12-7+. The molecule has 1 fully saturated rings. The summed E-state index contributed by atoms with van der Waals surface area (Å²) in [5.74, 6) is 0.507. The summed E-state index contributed by atoms with van der Waals surface area (Å²) in [6, 6.07) is 20.4. The van der Waals surface area contributed by atoms with E-state index < -0.39 is 10.0 Å². The molecule has 0 aliphatic carbocycles. The van der Waals surface area contributed by atoms with Gasteiger partial charge in [0.15, 0.2) is 0 Å². The van der Waals surface area contributed by atoms with Crippen molar-refractivity contribution in [2.45, 2.75) is 4.90 Å². The van der Waals surface area contributed by atoms with E-state index in [0.29, 0.717) is 39.5 Å². The van der Waals surface area contributed by atoms with Crippen LogP contribution in [0.15, 0.2) is 77.7 Å². The van der Waals surface area contributed by atoms with Crippen LogP contribution in [0.3, 0.4) is 0 Å². The zero-order valence-electron chi connectivity index (χ0n) is 18.1. The highest BCUT2D eigenvalue weighted by Crippen LogP contribution is 2.20. The maximum atomic E-state index is 12.7. The first-order valence-electron chi connectivity index (χ1n) is 10.8. The zero-order valence-corrected chi connectivity index (χ0v) is 19.0. The molecule has 1 aliphatic heterocycles.